The minimum atomic E-state index is -0.555. The fourth-order valence-corrected chi connectivity index (χ4v) is 3.32. The van der Waals surface area contributed by atoms with Gasteiger partial charge in [0.25, 0.3) is 0 Å². The molecule has 0 radical (unpaired) electrons. The zero-order valence-electron chi connectivity index (χ0n) is 15.1. The van der Waals surface area contributed by atoms with Crippen LogP contribution in [0.3, 0.4) is 0 Å². The largest absolute Gasteiger partial charge is 0.417 e. The summed E-state index contributed by atoms with van der Waals surface area (Å²) in [4.78, 5) is 16.5. The van der Waals surface area contributed by atoms with E-state index in [0.29, 0.717) is 16.6 Å². The van der Waals surface area contributed by atoms with Gasteiger partial charge in [0.05, 0.1) is 5.69 Å². The number of nitrogens with zero attached hydrogens (tertiary/aromatic N) is 1. The van der Waals surface area contributed by atoms with Gasteiger partial charge in [-0.25, -0.2) is 14.2 Å². The Labute approximate surface area is 170 Å². The highest BCUT2D eigenvalue weighted by Gasteiger charge is 2.07. The highest BCUT2D eigenvalue weighted by Crippen LogP contribution is 2.27. The van der Waals surface area contributed by atoms with E-state index in [1.807, 2.05) is 23.6 Å². The maximum Gasteiger partial charge on any atom is 0.417 e. The van der Waals surface area contributed by atoms with Crippen LogP contribution < -0.4 is 15.4 Å². The predicted octanol–water partition coefficient (Wildman–Crippen LogP) is 6.30. The molecule has 144 valence electrons. The lowest BCUT2D eigenvalue weighted by atomic mass is 10.2. The minimum absolute atomic E-state index is 0.274. The molecule has 0 fully saturated rings. The second-order valence-electron chi connectivity index (χ2n) is 6.07. The van der Waals surface area contributed by atoms with E-state index in [-0.39, 0.29) is 5.82 Å². The predicted molar refractivity (Wildman–Crippen MR) is 113 cm³/mol. The van der Waals surface area contributed by atoms with E-state index >= 15 is 0 Å². The van der Waals surface area contributed by atoms with Crippen molar-refractivity contribution >= 4 is 33.9 Å². The zero-order chi connectivity index (χ0) is 20.1. The molecule has 7 heteroatoms. The van der Waals surface area contributed by atoms with Crippen LogP contribution >= 0.6 is 11.3 Å². The summed E-state index contributed by atoms with van der Waals surface area (Å²) in [6, 6.07) is 22.3. The Balaban J connectivity index is 1.36. The number of rotatable bonds is 5. The summed E-state index contributed by atoms with van der Waals surface area (Å²) in [5, 5.41) is 8.52. The molecule has 1 amide bonds. The van der Waals surface area contributed by atoms with E-state index in [1.165, 1.54) is 23.5 Å². The van der Waals surface area contributed by atoms with Crippen molar-refractivity contribution in [2.45, 2.75) is 0 Å². The van der Waals surface area contributed by atoms with Crippen molar-refractivity contribution < 1.29 is 13.9 Å². The Kier molecular flexibility index (Phi) is 5.49. The summed E-state index contributed by atoms with van der Waals surface area (Å²) < 4.78 is 18.3. The molecular formula is C22H16FN3O2S. The molecule has 1 heterocycles. The van der Waals surface area contributed by atoms with E-state index < -0.39 is 6.09 Å². The number of hydrogen-bond acceptors (Lipinski definition) is 5. The van der Waals surface area contributed by atoms with Gasteiger partial charge in [-0.2, -0.15) is 0 Å². The summed E-state index contributed by atoms with van der Waals surface area (Å²) in [5.74, 6) is 0.202. The first-order chi connectivity index (χ1) is 14.2. The number of aromatic nitrogens is 1. The van der Waals surface area contributed by atoms with Crippen LogP contribution in [0.4, 0.5) is 25.7 Å². The normalized spacial score (nSPS) is 10.4. The van der Waals surface area contributed by atoms with Crippen LogP contribution in [-0.2, 0) is 0 Å². The number of thiazole rings is 1. The second-order valence-corrected chi connectivity index (χ2v) is 6.93. The smallest absolute Gasteiger partial charge is 0.410 e. The quantitative estimate of drug-likeness (QED) is 0.409. The molecule has 3 aromatic carbocycles. The standard InChI is InChI=1S/C22H16FN3O2S/c23-16-8-6-15(7-9-16)20-14-29-21(26-20)24-17-10-12-18(13-11-17)25-22(27)28-19-4-2-1-3-5-19/h1-14H,(H,24,26)(H,25,27). The molecule has 2 N–H and O–H groups in total. The third-order valence-electron chi connectivity index (χ3n) is 3.98. The molecule has 4 rings (SSSR count). The Bertz CT molecular complexity index is 1100. The third kappa shape index (κ3) is 4.97. The molecule has 29 heavy (non-hydrogen) atoms. The van der Waals surface area contributed by atoms with Crippen molar-refractivity contribution in [1.29, 1.82) is 0 Å². The van der Waals surface area contributed by atoms with Gasteiger partial charge in [0, 0.05) is 22.3 Å². The number of para-hydroxylation sites is 1. The Morgan fingerprint density at radius 1 is 0.897 bits per heavy atom. The highest BCUT2D eigenvalue weighted by molar-refractivity contribution is 7.14. The van der Waals surface area contributed by atoms with Crippen LogP contribution in [0.5, 0.6) is 5.75 Å². The zero-order valence-corrected chi connectivity index (χ0v) is 15.9. The first-order valence-corrected chi connectivity index (χ1v) is 9.66. The van der Waals surface area contributed by atoms with Gasteiger partial charge in [-0.3, -0.25) is 5.32 Å². The average Bonchev–Trinajstić information content (AvgIpc) is 3.19. The first-order valence-electron chi connectivity index (χ1n) is 8.78. The van der Waals surface area contributed by atoms with E-state index in [1.54, 1.807) is 48.5 Å². The number of carbonyl (C=O) groups is 1. The molecular weight excluding hydrogens is 389 g/mol. The van der Waals surface area contributed by atoms with Crippen LogP contribution in [-0.4, -0.2) is 11.1 Å². The number of nitrogens with one attached hydrogen (secondary N) is 2. The van der Waals surface area contributed by atoms with Crippen LogP contribution in [0.1, 0.15) is 0 Å². The van der Waals surface area contributed by atoms with Crippen LogP contribution in [0.2, 0.25) is 0 Å². The number of amides is 1. The van der Waals surface area contributed by atoms with E-state index in [2.05, 4.69) is 15.6 Å². The van der Waals surface area contributed by atoms with Crippen molar-refractivity contribution in [2.24, 2.45) is 0 Å². The van der Waals surface area contributed by atoms with Gasteiger partial charge in [-0.15, -0.1) is 11.3 Å². The molecule has 0 saturated heterocycles. The number of hydrogen-bond donors (Lipinski definition) is 2. The average molecular weight is 405 g/mol. The van der Waals surface area contributed by atoms with Gasteiger partial charge >= 0.3 is 6.09 Å². The van der Waals surface area contributed by atoms with Gasteiger partial charge in [-0.05, 0) is 60.7 Å². The van der Waals surface area contributed by atoms with E-state index in [4.69, 9.17) is 4.74 Å². The number of halogens is 1. The number of carbonyl (C=O) groups excluding carboxylic acids is 1. The number of anilines is 3. The Morgan fingerprint density at radius 2 is 1.59 bits per heavy atom. The van der Waals surface area contributed by atoms with Crippen molar-refractivity contribution in [3.8, 4) is 17.0 Å². The summed E-state index contributed by atoms with van der Waals surface area (Å²) in [6.07, 6.45) is -0.555. The summed E-state index contributed by atoms with van der Waals surface area (Å²) >= 11 is 1.45. The van der Waals surface area contributed by atoms with Crippen LogP contribution in [0.25, 0.3) is 11.3 Å². The molecule has 5 nitrogen and oxygen atoms in total. The van der Waals surface area contributed by atoms with Crippen molar-refractivity contribution in [1.82, 2.24) is 4.98 Å². The summed E-state index contributed by atoms with van der Waals surface area (Å²) in [7, 11) is 0. The minimum Gasteiger partial charge on any atom is -0.410 e. The molecule has 0 aliphatic heterocycles. The monoisotopic (exact) mass is 405 g/mol. The lowest BCUT2D eigenvalue weighted by Crippen LogP contribution is -2.16. The van der Waals surface area contributed by atoms with Crippen LogP contribution in [0.15, 0.2) is 84.2 Å². The summed E-state index contributed by atoms with van der Waals surface area (Å²) in [5.41, 5.74) is 3.07. The molecule has 0 aliphatic rings. The maximum atomic E-state index is 13.1. The van der Waals surface area contributed by atoms with E-state index in [9.17, 15) is 9.18 Å². The van der Waals surface area contributed by atoms with Crippen molar-refractivity contribution in [2.75, 3.05) is 10.6 Å². The fraction of sp³-hybridized carbons (Fsp3) is 0. The lowest BCUT2D eigenvalue weighted by Gasteiger charge is -2.08. The first kappa shape index (κ1) is 18.6. The second kappa shape index (κ2) is 8.53. The lowest BCUT2D eigenvalue weighted by molar-refractivity contribution is 0.215. The summed E-state index contributed by atoms with van der Waals surface area (Å²) in [6.45, 7) is 0. The van der Waals surface area contributed by atoms with E-state index in [0.717, 1.165) is 16.9 Å². The molecule has 0 atom stereocenters. The molecule has 4 aromatic rings. The topological polar surface area (TPSA) is 63.2 Å². The molecule has 0 bridgehead atoms. The Morgan fingerprint density at radius 3 is 2.31 bits per heavy atom. The van der Waals surface area contributed by atoms with Gasteiger partial charge in [0.2, 0.25) is 0 Å². The van der Waals surface area contributed by atoms with Gasteiger partial charge < -0.3 is 10.1 Å². The molecule has 0 aliphatic carbocycles. The molecule has 1 aromatic heterocycles. The number of ether oxygens (including phenoxy) is 1. The SMILES string of the molecule is O=C(Nc1ccc(Nc2nc(-c3ccc(F)cc3)cs2)cc1)Oc1ccccc1. The molecule has 0 unspecified atom stereocenters. The maximum absolute atomic E-state index is 13.1. The number of benzene rings is 3. The third-order valence-corrected chi connectivity index (χ3v) is 4.74. The fourth-order valence-electron chi connectivity index (χ4n) is 2.58. The van der Waals surface area contributed by atoms with Crippen molar-refractivity contribution in [3.05, 3.63) is 90.1 Å². The molecule has 0 spiro atoms. The van der Waals surface area contributed by atoms with Gasteiger partial charge in [0.1, 0.15) is 11.6 Å². The Hall–Kier alpha value is -3.71. The van der Waals surface area contributed by atoms with Gasteiger partial charge in [0.15, 0.2) is 5.13 Å². The molecule has 0 saturated carbocycles. The van der Waals surface area contributed by atoms with Crippen LogP contribution in [0, 0.1) is 5.82 Å². The van der Waals surface area contributed by atoms with Crippen molar-refractivity contribution in [3.63, 3.8) is 0 Å². The highest BCUT2D eigenvalue weighted by atomic mass is 32.1. The van der Waals surface area contributed by atoms with Gasteiger partial charge in [-0.1, -0.05) is 18.2 Å².